The van der Waals surface area contributed by atoms with Crippen molar-refractivity contribution in [2.75, 3.05) is 0 Å². The average molecular weight is 259 g/mol. The minimum Gasteiger partial charge on any atom is -0.295 e. The Hall–Kier alpha value is -2.24. The van der Waals surface area contributed by atoms with Crippen LogP contribution in [-0.2, 0) is 14.4 Å². The third kappa shape index (κ3) is 1.99. The molecule has 0 aromatic carbocycles. The normalized spacial score (nSPS) is 33.4. The maximum absolute atomic E-state index is 12.4. The number of nitrogens with zero attached hydrogens (tertiary/aromatic N) is 2. The van der Waals surface area contributed by atoms with Crippen molar-refractivity contribution in [3.05, 3.63) is 24.3 Å². The highest BCUT2D eigenvalue weighted by molar-refractivity contribution is 6.05. The molecule has 6 heteroatoms. The monoisotopic (exact) mass is 259 g/mol. The molecule has 0 spiro atoms. The van der Waals surface area contributed by atoms with Gasteiger partial charge < -0.3 is 0 Å². The first kappa shape index (κ1) is 11.8. The lowest BCUT2D eigenvalue weighted by Crippen LogP contribution is -2.57. The zero-order valence-electron chi connectivity index (χ0n) is 10.2. The second-order valence-corrected chi connectivity index (χ2v) is 4.76. The van der Waals surface area contributed by atoms with Crippen LogP contribution < -0.4 is 5.32 Å². The van der Waals surface area contributed by atoms with E-state index in [0.29, 0.717) is 6.42 Å². The molecule has 19 heavy (non-hydrogen) atoms. The minimum absolute atomic E-state index is 0.143. The van der Waals surface area contributed by atoms with Crippen LogP contribution in [0.4, 0.5) is 0 Å². The van der Waals surface area contributed by atoms with Crippen molar-refractivity contribution in [2.45, 2.75) is 24.9 Å². The maximum atomic E-state index is 12.4. The maximum Gasteiger partial charge on any atom is 0.249 e. The molecule has 3 aliphatic rings. The number of rotatable bonds is 1. The van der Waals surface area contributed by atoms with E-state index < -0.39 is 11.9 Å². The SMILES string of the molecule is O=C1CCC(N2C=NC3C=CC=CC3C2=O)C(=O)N1. The Labute approximate surface area is 109 Å². The molecule has 0 bridgehead atoms. The molecule has 3 atom stereocenters. The Bertz CT molecular complexity index is 535. The molecule has 0 radical (unpaired) electrons. The molecule has 98 valence electrons. The first-order valence-corrected chi connectivity index (χ1v) is 6.21. The lowest BCUT2D eigenvalue weighted by molar-refractivity contribution is -0.143. The fourth-order valence-corrected chi connectivity index (χ4v) is 2.53. The Kier molecular flexibility index (Phi) is 2.77. The fraction of sp³-hybridized carbons (Fsp3) is 0.385. The largest absolute Gasteiger partial charge is 0.295 e. The van der Waals surface area contributed by atoms with Crippen molar-refractivity contribution >= 4 is 24.1 Å². The summed E-state index contributed by atoms with van der Waals surface area (Å²) in [6.45, 7) is 0. The molecule has 2 heterocycles. The Balaban J connectivity index is 1.84. The van der Waals surface area contributed by atoms with Gasteiger partial charge in [0, 0.05) is 6.42 Å². The average Bonchev–Trinajstić information content (AvgIpc) is 2.41. The first-order chi connectivity index (χ1) is 9.16. The molecule has 0 saturated carbocycles. The summed E-state index contributed by atoms with van der Waals surface area (Å²) in [6, 6.07) is -0.809. The summed E-state index contributed by atoms with van der Waals surface area (Å²) < 4.78 is 0. The predicted molar refractivity (Wildman–Crippen MR) is 67.1 cm³/mol. The van der Waals surface area contributed by atoms with E-state index in [4.69, 9.17) is 0 Å². The van der Waals surface area contributed by atoms with Gasteiger partial charge in [-0.2, -0.15) is 0 Å². The van der Waals surface area contributed by atoms with Crippen LogP contribution in [0.15, 0.2) is 29.3 Å². The highest BCUT2D eigenvalue weighted by atomic mass is 16.2. The Morgan fingerprint density at radius 1 is 1.21 bits per heavy atom. The molecule has 6 nitrogen and oxygen atoms in total. The molecule has 0 aromatic heterocycles. The van der Waals surface area contributed by atoms with Crippen LogP contribution >= 0.6 is 0 Å². The molecule has 1 fully saturated rings. The van der Waals surface area contributed by atoms with Gasteiger partial charge >= 0.3 is 0 Å². The van der Waals surface area contributed by atoms with Gasteiger partial charge in [-0.1, -0.05) is 24.3 Å². The highest BCUT2D eigenvalue weighted by Crippen LogP contribution is 2.24. The summed E-state index contributed by atoms with van der Waals surface area (Å²) in [6.07, 6.45) is 9.34. The molecule has 2 aliphatic heterocycles. The summed E-state index contributed by atoms with van der Waals surface area (Å²) in [7, 11) is 0. The summed E-state index contributed by atoms with van der Waals surface area (Å²) in [5.74, 6) is -1.21. The summed E-state index contributed by atoms with van der Waals surface area (Å²) in [5, 5.41) is 2.25. The van der Waals surface area contributed by atoms with Crippen molar-refractivity contribution < 1.29 is 14.4 Å². The second kappa shape index (κ2) is 4.46. The van der Waals surface area contributed by atoms with Crippen LogP contribution in [0.5, 0.6) is 0 Å². The Morgan fingerprint density at radius 3 is 2.79 bits per heavy atom. The third-order valence-corrected chi connectivity index (χ3v) is 3.55. The molecule has 1 saturated heterocycles. The molecule has 0 aromatic rings. The van der Waals surface area contributed by atoms with Crippen molar-refractivity contribution in [2.24, 2.45) is 10.9 Å². The number of piperidine rings is 1. The number of allylic oxidation sites excluding steroid dienone is 2. The molecule has 3 amide bonds. The summed E-state index contributed by atoms with van der Waals surface area (Å²) in [4.78, 5) is 40.9. The van der Waals surface area contributed by atoms with Gasteiger partial charge in [0.15, 0.2) is 0 Å². The van der Waals surface area contributed by atoms with Crippen LogP contribution in [0.25, 0.3) is 0 Å². The van der Waals surface area contributed by atoms with E-state index in [1.165, 1.54) is 11.2 Å². The molecule has 1 aliphatic carbocycles. The molecule has 3 rings (SSSR count). The van der Waals surface area contributed by atoms with E-state index in [1.807, 2.05) is 18.2 Å². The van der Waals surface area contributed by atoms with Gasteiger partial charge in [0.05, 0.1) is 18.3 Å². The van der Waals surface area contributed by atoms with Crippen LogP contribution in [0.1, 0.15) is 12.8 Å². The molecule has 3 unspecified atom stereocenters. The van der Waals surface area contributed by atoms with Crippen molar-refractivity contribution in [1.29, 1.82) is 0 Å². The number of aliphatic imine (C=N–C) groups is 1. The lowest BCUT2D eigenvalue weighted by Gasteiger charge is -2.36. The zero-order chi connectivity index (χ0) is 13.4. The van der Waals surface area contributed by atoms with Gasteiger partial charge in [-0.05, 0) is 6.42 Å². The lowest BCUT2D eigenvalue weighted by atomic mass is 9.91. The van der Waals surface area contributed by atoms with Crippen LogP contribution in [0.2, 0.25) is 0 Å². The number of hydrogen-bond donors (Lipinski definition) is 1. The minimum atomic E-state index is -0.630. The second-order valence-electron chi connectivity index (χ2n) is 4.76. The van der Waals surface area contributed by atoms with Crippen molar-refractivity contribution in [1.82, 2.24) is 10.2 Å². The first-order valence-electron chi connectivity index (χ1n) is 6.21. The summed E-state index contributed by atoms with van der Waals surface area (Å²) >= 11 is 0. The van der Waals surface area contributed by atoms with Gasteiger partial charge in [-0.15, -0.1) is 0 Å². The number of nitrogens with one attached hydrogen (secondary N) is 1. The van der Waals surface area contributed by atoms with E-state index in [2.05, 4.69) is 10.3 Å². The van der Waals surface area contributed by atoms with Crippen LogP contribution in [-0.4, -0.2) is 41.0 Å². The van der Waals surface area contributed by atoms with Gasteiger partial charge in [0.1, 0.15) is 6.04 Å². The number of carbonyl (C=O) groups is 3. The van der Waals surface area contributed by atoms with Gasteiger partial charge in [0.2, 0.25) is 17.7 Å². The smallest absolute Gasteiger partial charge is 0.249 e. The Morgan fingerprint density at radius 2 is 2.00 bits per heavy atom. The van der Waals surface area contributed by atoms with Crippen molar-refractivity contribution in [3.8, 4) is 0 Å². The molecular weight excluding hydrogens is 246 g/mol. The number of amides is 3. The third-order valence-electron chi connectivity index (χ3n) is 3.55. The molecular formula is C13H13N3O3. The number of imide groups is 1. The number of carbonyl (C=O) groups excluding carboxylic acids is 3. The van der Waals surface area contributed by atoms with Gasteiger partial charge in [-0.25, -0.2) is 0 Å². The number of hydrogen-bond acceptors (Lipinski definition) is 4. The fourth-order valence-electron chi connectivity index (χ4n) is 2.53. The van der Waals surface area contributed by atoms with Crippen LogP contribution in [0, 0.1) is 5.92 Å². The van der Waals surface area contributed by atoms with Gasteiger partial charge in [0.25, 0.3) is 0 Å². The quantitative estimate of drug-likeness (QED) is 0.661. The van der Waals surface area contributed by atoms with E-state index in [0.717, 1.165) is 0 Å². The van der Waals surface area contributed by atoms with E-state index in [1.54, 1.807) is 6.08 Å². The molecule has 1 N–H and O–H groups in total. The van der Waals surface area contributed by atoms with Crippen molar-refractivity contribution in [3.63, 3.8) is 0 Å². The van der Waals surface area contributed by atoms with E-state index >= 15 is 0 Å². The van der Waals surface area contributed by atoms with Gasteiger partial charge in [-0.3, -0.25) is 29.6 Å². The summed E-state index contributed by atoms with van der Waals surface area (Å²) in [5.41, 5.74) is 0. The topological polar surface area (TPSA) is 78.8 Å². The predicted octanol–water partition coefficient (Wildman–Crippen LogP) is -0.227. The number of fused-ring (bicyclic) bond motifs is 1. The zero-order valence-corrected chi connectivity index (χ0v) is 10.2. The van der Waals surface area contributed by atoms with Crippen LogP contribution in [0.3, 0.4) is 0 Å². The van der Waals surface area contributed by atoms with E-state index in [-0.39, 0.29) is 30.2 Å². The highest BCUT2D eigenvalue weighted by Gasteiger charge is 2.40. The van der Waals surface area contributed by atoms with E-state index in [9.17, 15) is 14.4 Å². The standard InChI is InChI=1S/C13H13N3O3/c17-11-6-5-10(12(18)15-11)16-7-14-9-4-2-1-3-8(9)13(16)19/h1-4,7-10H,5-6H2,(H,15,17,18).